The molecule has 0 N–H and O–H groups in total. The van der Waals surface area contributed by atoms with Gasteiger partial charge in [-0.2, -0.15) is 0 Å². The van der Waals surface area contributed by atoms with Crippen molar-refractivity contribution in [3.63, 3.8) is 0 Å². The number of hydrogen-bond acceptors (Lipinski definition) is 7. The molecule has 1 fully saturated rings. The zero-order valence-electron chi connectivity index (χ0n) is 23.4. The fourth-order valence-corrected chi connectivity index (χ4v) is 5.77. The Morgan fingerprint density at radius 3 is 2.21 bits per heavy atom. The van der Waals surface area contributed by atoms with Crippen molar-refractivity contribution in [2.75, 3.05) is 38.5 Å². The minimum atomic E-state index is -0.376. The summed E-state index contributed by atoms with van der Waals surface area (Å²) in [7, 11) is 0. The largest absolute Gasteiger partial charge is 0.450 e. The third kappa shape index (κ3) is 6.71. The number of aromatic nitrogens is 2. The molecule has 10 heteroatoms. The highest BCUT2D eigenvalue weighted by Crippen LogP contribution is 2.22. The molecule has 1 aliphatic rings. The number of aryl methyl sites for hydroxylation is 1. The zero-order chi connectivity index (χ0) is 29.5. The van der Waals surface area contributed by atoms with Crippen LogP contribution in [0, 0.1) is 0 Å². The number of benzene rings is 3. The number of thioether (sulfide) groups is 1. The Balaban J connectivity index is 1.40. The predicted octanol–water partition coefficient (Wildman–Crippen LogP) is 4.53. The van der Waals surface area contributed by atoms with Crippen LogP contribution in [0.2, 0.25) is 0 Å². The van der Waals surface area contributed by atoms with Crippen LogP contribution in [0.5, 0.6) is 0 Å². The van der Waals surface area contributed by atoms with E-state index in [1.165, 1.54) is 11.8 Å². The van der Waals surface area contributed by atoms with Gasteiger partial charge in [0.2, 0.25) is 0 Å². The lowest BCUT2D eigenvalue weighted by molar-refractivity contribution is 0.0570. The second-order valence-electron chi connectivity index (χ2n) is 9.87. The SMILES string of the molecule is CCOC(=O)N1CCN(C(=O)c2ccc3c(=O)n(CCc4ccccc4)c(SCC(=O)c4ccccc4)nc3c2)CC1. The van der Waals surface area contributed by atoms with Crippen LogP contribution in [-0.4, -0.2) is 75.7 Å². The molecule has 5 rings (SSSR count). The Kier molecular flexibility index (Phi) is 9.33. The first-order valence-corrected chi connectivity index (χ1v) is 14.9. The van der Waals surface area contributed by atoms with Gasteiger partial charge in [-0.1, -0.05) is 72.4 Å². The lowest BCUT2D eigenvalue weighted by Gasteiger charge is -2.34. The molecule has 0 spiro atoms. The first-order valence-electron chi connectivity index (χ1n) is 13.9. The minimum Gasteiger partial charge on any atom is -0.450 e. The number of rotatable bonds is 9. The maximum absolute atomic E-state index is 13.7. The van der Waals surface area contributed by atoms with Gasteiger partial charge in [0.05, 0.1) is 23.3 Å². The van der Waals surface area contributed by atoms with Crippen LogP contribution in [0.3, 0.4) is 0 Å². The quantitative estimate of drug-likeness (QED) is 0.162. The average Bonchev–Trinajstić information content (AvgIpc) is 3.03. The number of ether oxygens (including phenoxy) is 1. The van der Waals surface area contributed by atoms with E-state index in [2.05, 4.69) is 0 Å². The maximum Gasteiger partial charge on any atom is 0.409 e. The molecule has 2 heterocycles. The van der Waals surface area contributed by atoms with Gasteiger partial charge in [-0.05, 0) is 37.1 Å². The number of fused-ring (bicyclic) bond motifs is 1. The fourth-order valence-electron chi connectivity index (χ4n) is 4.85. The smallest absolute Gasteiger partial charge is 0.409 e. The topological polar surface area (TPSA) is 102 Å². The molecule has 3 aromatic carbocycles. The summed E-state index contributed by atoms with van der Waals surface area (Å²) < 4.78 is 6.68. The van der Waals surface area contributed by atoms with Crippen LogP contribution >= 0.6 is 11.8 Å². The van der Waals surface area contributed by atoms with Crippen LogP contribution in [0.4, 0.5) is 4.79 Å². The van der Waals surface area contributed by atoms with Gasteiger partial charge in [0.25, 0.3) is 11.5 Å². The number of carbonyl (C=O) groups excluding carboxylic acids is 3. The second kappa shape index (κ2) is 13.5. The van der Waals surface area contributed by atoms with E-state index >= 15 is 0 Å². The van der Waals surface area contributed by atoms with Crippen molar-refractivity contribution in [3.8, 4) is 0 Å². The monoisotopic (exact) mass is 584 g/mol. The average molecular weight is 585 g/mol. The Morgan fingerprint density at radius 2 is 1.52 bits per heavy atom. The summed E-state index contributed by atoms with van der Waals surface area (Å²) in [6.45, 7) is 4.00. The van der Waals surface area contributed by atoms with Gasteiger partial charge < -0.3 is 14.5 Å². The van der Waals surface area contributed by atoms with E-state index in [-0.39, 0.29) is 29.1 Å². The van der Waals surface area contributed by atoms with Crippen molar-refractivity contribution in [2.45, 2.75) is 25.0 Å². The third-order valence-electron chi connectivity index (χ3n) is 7.16. The molecule has 0 bridgehead atoms. The van der Waals surface area contributed by atoms with Crippen molar-refractivity contribution < 1.29 is 19.1 Å². The number of piperazine rings is 1. The number of Topliss-reactive ketones (excluding diaryl/α,β-unsaturated/α-hetero) is 1. The molecule has 216 valence electrons. The van der Waals surface area contributed by atoms with Crippen LogP contribution in [0.15, 0.2) is 88.8 Å². The summed E-state index contributed by atoms with van der Waals surface area (Å²) >= 11 is 1.22. The molecule has 4 aromatic rings. The summed E-state index contributed by atoms with van der Waals surface area (Å²) in [5.41, 5.74) is 2.29. The summed E-state index contributed by atoms with van der Waals surface area (Å²) in [5.74, 6) is -0.129. The number of ketones is 1. The Bertz CT molecular complexity index is 1630. The normalized spacial score (nSPS) is 13.3. The van der Waals surface area contributed by atoms with E-state index in [0.29, 0.717) is 72.9 Å². The first kappa shape index (κ1) is 29.1. The second-order valence-corrected chi connectivity index (χ2v) is 10.8. The van der Waals surface area contributed by atoms with Crippen molar-refractivity contribution >= 4 is 40.4 Å². The molecule has 1 aromatic heterocycles. The highest BCUT2D eigenvalue weighted by atomic mass is 32.2. The van der Waals surface area contributed by atoms with Crippen LogP contribution in [-0.2, 0) is 17.7 Å². The van der Waals surface area contributed by atoms with Crippen molar-refractivity contribution in [1.29, 1.82) is 0 Å². The number of carbonyl (C=O) groups is 3. The number of hydrogen-bond donors (Lipinski definition) is 0. The van der Waals surface area contributed by atoms with Gasteiger partial charge in [0.1, 0.15) is 0 Å². The highest BCUT2D eigenvalue weighted by molar-refractivity contribution is 7.99. The molecule has 0 radical (unpaired) electrons. The zero-order valence-corrected chi connectivity index (χ0v) is 24.2. The van der Waals surface area contributed by atoms with Crippen LogP contribution in [0.1, 0.15) is 33.2 Å². The van der Waals surface area contributed by atoms with Gasteiger partial charge in [0.15, 0.2) is 10.9 Å². The van der Waals surface area contributed by atoms with E-state index in [1.54, 1.807) is 51.6 Å². The molecule has 42 heavy (non-hydrogen) atoms. The van der Waals surface area contributed by atoms with Gasteiger partial charge in [-0.25, -0.2) is 9.78 Å². The van der Waals surface area contributed by atoms with Crippen LogP contribution < -0.4 is 5.56 Å². The van der Waals surface area contributed by atoms with E-state index in [1.807, 2.05) is 48.5 Å². The molecule has 0 saturated carbocycles. The molecule has 2 amide bonds. The lowest BCUT2D eigenvalue weighted by Crippen LogP contribution is -2.50. The number of nitrogens with zero attached hydrogens (tertiary/aromatic N) is 4. The summed E-state index contributed by atoms with van der Waals surface area (Å²) in [4.78, 5) is 60.0. The van der Waals surface area contributed by atoms with Crippen molar-refractivity contribution in [2.24, 2.45) is 0 Å². The fraction of sp³-hybridized carbons (Fsp3) is 0.281. The predicted molar refractivity (Wildman–Crippen MR) is 162 cm³/mol. The summed E-state index contributed by atoms with van der Waals surface area (Å²) in [6.07, 6.45) is 0.251. The van der Waals surface area contributed by atoms with Gasteiger partial charge >= 0.3 is 6.09 Å². The molecular formula is C32H32N4O5S. The van der Waals surface area contributed by atoms with Gasteiger partial charge in [0, 0.05) is 43.9 Å². The molecule has 1 saturated heterocycles. The van der Waals surface area contributed by atoms with Crippen LogP contribution in [0.25, 0.3) is 10.9 Å². The van der Waals surface area contributed by atoms with Gasteiger partial charge in [-0.3, -0.25) is 19.0 Å². The molecule has 1 aliphatic heterocycles. The maximum atomic E-state index is 13.7. The summed E-state index contributed by atoms with van der Waals surface area (Å²) in [5, 5.41) is 0.839. The van der Waals surface area contributed by atoms with E-state index < -0.39 is 0 Å². The Morgan fingerprint density at radius 1 is 0.857 bits per heavy atom. The molecule has 0 atom stereocenters. The standard InChI is InChI=1S/C32H32N4O5S/c1-2-41-32(40)35-19-17-34(18-20-35)29(38)25-13-14-26-27(21-25)33-31(42-22-28(37)24-11-7-4-8-12-24)36(30(26)39)16-15-23-9-5-3-6-10-23/h3-14,21H,2,15-20,22H2,1H3. The molecular weight excluding hydrogens is 552 g/mol. The first-order chi connectivity index (χ1) is 20.4. The Labute approximate surface area is 248 Å². The molecule has 0 aliphatic carbocycles. The summed E-state index contributed by atoms with van der Waals surface area (Å²) in [6, 6.07) is 23.8. The highest BCUT2D eigenvalue weighted by Gasteiger charge is 2.26. The van der Waals surface area contributed by atoms with E-state index in [0.717, 1.165) is 5.56 Å². The minimum absolute atomic E-state index is 0.0598. The van der Waals surface area contributed by atoms with E-state index in [9.17, 15) is 19.2 Å². The number of amides is 2. The van der Waals surface area contributed by atoms with Gasteiger partial charge in [-0.15, -0.1) is 0 Å². The van der Waals surface area contributed by atoms with Crippen molar-refractivity contribution in [3.05, 3.63) is 106 Å². The lowest BCUT2D eigenvalue weighted by atomic mass is 10.1. The van der Waals surface area contributed by atoms with E-state index in [4.69, 9.17) is 9.72 Å². The molecule has 0 unspecified atom stereocenters. The van der Waals surface area contributed by atoms with Crippen molar-refractivity contribution in [1.82, 2.24) is 19.4 Å². The third-order valence-corrected chi connectivity index (χ3v) is 8.13. The Hall–Kier alpha value is -4.44. The molecule has 9 nitrogen and oxygen atoms in total.